The molecule has 0 fully saturated rings. The second-order valence-corrected chi connectivity index (χ2v) is 5.06. The van der Waals surface area contributed by atoms with Gasteiger partial charge in [0.25, 0.3) is 5.69 Å². The third-order valence-corrected chi connectivity index (χ3v) is 3.02. The Morgan fingerprint density at radius 3 is 2.10 bits per heavy atom. The zero-order chi connectivity index (χ0) is 15.4. The number of anilines is 3. The Labute approximate surface area is 124 Å². The largest absolute Gasteiger partial charge is 0.385 e. The summed E-state index contributed by atoms with van der Waals surface area (Å²) in [6.45, 7) is 6.71. The third-order valence-electron chi connectivity index (χ3n) is 3.02. The van der Waals surface area contributed by atoms with E-state index in [1.165, 1.54) is 6.07 Å². The lowest BCUT2D eigenvalue weighted by Crippen LogP contribution is -2.00. The van der Waals surface area contributed by atoms with Crippen molar-refractivity contribution in [1.29, 1.82) is 0 Å². The molecule has 0 saturated heterocycles. The summed E-state index contributed by atoms with van der Waals surface area (Å²) in [6.07, 6.45) is 0. The highest BCUT2D eigenvalue weighted by Crippen LogP contribution is 2.27. The number of nitrogens with zero attached hydrogens (tertiary/aromatic N) is 1. The molecule has 0 saturated carbocycles. The van der Waals surface area contributed by atoms with Crippen molar-refractivity contribution in [3.63, 3.8) is 0 Å². The molecule has 0 aliphatic heterocycles. The quantitative estimate of drug-likeness (QED) is 0.631. The van der Waals surface area contributed by atoms with Crippen molar-refractivity contribution in [2.45, 2.75) is 20.8 Å². The highest BCUT2D eigenvalue weighted by molar-refractivity contribution is 5.69. The summed E-state index contributed by atoms with van der Waals surface area (Å²) in [6, 6.07) is 11.1. The normalized spacial score (nSPS) is 10.2. The Morgan fingerprint density at radius 1 is 0.952 bits per heavy atom. The highest BCUT2D eigenvalue weighted by Gasteiger charge is 2.10. The van der Waals surface area contributed by atoms with Gasteiger partial charge in [0.2, 0.25) is 0 Å². The lowest BCUT2D eigenvalue weighted by atomic mass is 10.1. The third kappa shape index (κ3) is 3.95. The van der Waals surface area contributed by atoms with Crippen molar-refractivity contribution in [3.05, 3.63) is 57.6 Å². The molecule has 0 aliphatic carbocycles. The van der Waals surface area contributed by atoms with Crippen molar-refractivity contribution in [3.8, 4) is 0 Å². The first-order chi connectivity index (χ1) is 9.97. The van der Waals surface area contributed by atoms with Gasteiger partial charge in [-0.15, -0.1) is 0 Å². The van der Waals surface area contributed by atoms with Gasteiger partial charge in [-0.1, -0.05) is 6.07 Å². The molecule has 0 radical (unpaired) electrons. The van der Waals surface area contributed by atoms with Gasteiger partial charge in [-0.2, -0.15) is 0 Å². The van der Waals surface area contributed by atoms with Crippen LogP contribution in [0.4, 0.5) is 22.7 Å². The molecular weight excluding hydrogens is 266 g/mol. The second-order valence-electron chi connectivity index (χ2n) is 5.06. The van der Waals surface area contributed by atoms with Crippen LogP contribution in [0.15, 0.2) is 36.4 Å². The summed E-state index contributed by atoms with van der Waals surface area (Å²) < 4.78 is 0. The van der Waals surface area contributed by atoms with E-state index >= 15 is 0 Å². The highest BCUT2D eigenvalue weighted by atomic mass is 16.6. The minimum absolute atomic E-state index is 0.0697. The number of hydrogen-bond donors (Lipinski definition) is 2. The molecule has 0 unspecified atom stereocenters. The van der Waals surface area contributed by atoms with Crippen LogP contribution in [0, 0.1) is 24.0 Å². The van der Waals surface area contributed by atoms with Crippen LogP contribution in [0.2, 0.25) is 0 Å². The van der Waals surface area contributed by atoms with Crippen LogP contribution in [0.25, 0.3) is 0 Å². The zero-order valence-corrected chi connectivity index (χ0v) is 12.4. The minimum Gasteiger partial charge on any atom is -0.385 e. The van der Waals surface area contributed by atoms with Gasteiger partial charge >= 0.3 is 0 Å². The molecule has 0 amide bonds. The molecule has 0 aliphatic rings. The molecule has 0 aromatic heterocycles. The summed E-state index contributed by atoms with van der Waals surface area (Å²) in [7, 11) is 0. The van der Waals surface area contributed by atoms with Crippen LogP contribution in [0.5, 0.6) is 0 Å². The van der Waals surface area contributed by atoms with Gasteiger partial charge in [-0.25, -0.2) is 0 Å². The molecule has 110 valence electrons. The molecule has 2 N–H and O–H groups in total. The molecule has 2 aromatic rings. The Kier molecular flexibility index (Phi) is 4.42. The van der Waals surface area contributed by atoms with Gasteiger partial charge in [0.1, 0.15) is 0 Å². The average Bonchev–Trinajstić information content (AvgIpc) is 2.37. The topological polar surface area (TPSA) is 67.2 Å². The predicted octanol–water partition coefficient (Wildman–Crippen LogP) is 4.39. The molecule has 0 bridgehead atoms. The van der Waals surface area contributed by atoms with Gasteiger partial charge in [-0.05, 0) is 50.1 Å². The molecule has 2 aromatic carbocycles. The maximum atomic E-state index is 11.0. The number of nitro benzene ring substituents is 1. The molecular formula is C16H19N3O2. The minimum atomic E-state index is -0.381. The van der Waals surface area contributed by atoms with Gasteiger partial charge in [-0.3, -0.25) is 10.1 Å². The summed E-state index contributed by atoms with van der Waals surface area (Å²) in [5.74, 6) is 0. The Balaban J connectivity index is 2.35. The smallest absolute Gasteiger partial charge is 0.273 e. The van der Waals surface area contributed by atoms with E-state index in [0.29, 0.717) is 12.2 Å². The molecule has 0 spiro atoms. The zero-order valence-electron chi connectivity index (χ0n) is 12.4. The monoisotopic (exact) mass is 285 g/mol. The van der Waals surface area contributed by atoms with E-state index in [9.17, 15) is 10.1 Å². The fraction of sp³-hybridized carbons (Fsp3) is 0.250. The number of hydrogen-bond acceptors (Lipinski definition) is 4. The van der Waals surface area contributed by atoms with Crippen LogP contribution in [0.1, 0.15) is 18.1 Å². The molecule has 0 heterocycles. The average molecular weight is 285 g/mol. The van der Waals surface area contributed by atoms with Crippen LogP contribution >= 0.6 is 0 Å². The number of aryl methyl sites for hydroxylation is 2. The van der Waals surface area contributed by atoms with E-state index in [1.807, 2.05) is 39.0 Å². The first-order valence-corrected chi connectivity index (χ1v) is 6.86. The Morgan fingerprint density at radius 2 is 1.52 bits per heavy atom. The summed E-state index contributed by atoms with van der Waals surface area (Å²) >= 11 is 0. The van der Waals surface area contributed by atoms with Gasteiger partial charge < -0.3 is 10.6 Å². The van der Waals surface area contributed by atoms with Gasteiger partial charge in [0.05, 0.1) is 4.92 Å². The van der Waals surface area contributed by atoms with Crippen LogP contribution in [-0.4, -0.2) is 11.5 Å². The van der Waals surface area contributed by atoms with Crippen LogP contribution in [0.3, 0.4) is 0 Å². The van der Waals surface area contributed by atoms with Crippen molar-refractivity contribution >= 4 is 22.7 Å². The first-order valence-electron chi connectivity index (χ1n) is 6.86. The molecule has 5 heteroatoms. The van der Waals surface area contributed by atoms with E-state index in [2.05, 4.69) is 16.7 Å². The van der Waals surface area contributed by atoms with Crippen LogP contribution < -0.4 is 10.6 Å². The summed E-state index contributed by atoms with van der Waals surface area (Å²) in [5, 5.41) is 17.4. The van der Waals surface area contributed by atoms with E-state index in [0.717, 1.165) is 22.5 Å². The van der Waals surface area contributed by atoms with Gasteiger partial charge in [0.15, 0.2) is 0 Å². The second kappa shape index (κ2) is 6.26. The Bertz CT molecular complexity index is 648. The maximum absolute atomic E-state index is 11.0. The Hall–Kier alpha value is -2.56. The van der Waals surface area contributed by atoms with E-state index in [4.69, 9.17) is 0 Å². The van der Waals surface area contributed by atoms with Crippen molar-refractivity contribution in [1.82, 2.24) is 0 Å². The number of nitrogens with one attached hydrogen (secondary N) is 2. The SMILES string of the molecule is CCNc1cc(Nc2cc(C)cc(C)c2)cc([N+](=O)[O-])c1. The lowest BCUT2D eigenvalue weighted by molar-refractivity contribution is -0.384. The first kappa shape index (κ1) is 14.8. The lowest BCUT2D eigenvalue weighted by Gasteiger charge is -2.11. The summed E-state index contributed by atoms with van der Waals surface area (Å²) in [5.41, 5.74) is 4.73. The number of non-ortho nitro benzene ring substituents is 1. The van der Waals surface area contributed by atoms with E-state index in [-0.39, 0.29) is 10.6 Å². The van der Waals surface area contributed by atoms with Crippen molar-refractivity contribution in [2.24, 2.45) is 0 Å². The number of rotatable bonds is 5. The standard InChI is InChI=1S/C16H19N3O2/c1-4-17-13-8-15(10-16(9-13)19(20)21)18-14-6-11(2)5-12(3)7-14/h5-10,17-18H,4H2,1-3H3. The molecule has 0 atom stereocenters. The van der Waals surface area contributed by atoms with Crippen molar-refractivity contribution < 1.29 is 4.92 Å². The fourth-order valence-electron chi connectivity index (χ4n) is 2.31. The predicted molar refractivity (Wildman–Crippen MR) is 86.5 cm³/mol. The molecule has 2 rings (SSSR count). The maximum Gasteiger partial charge on any atom is 0.273 e. The molecule has 21 heavy (non-hydrogen) atoms. The van der Waals surface area contributed by atoms with Crippen LogP contribution in [-0.2, 0) is 0 Å². The number of benzene rings is 2. The summed E-state index contributed by atoms with van der Waals surface area (Å²) in [4.78, 5) is 10.6. The van der Waals surface area contributed by atoms with Crippen molar-refractivity contribution in [2.75, 3.05) is 17.2 Å². The van der Waals surface area contributed by atoms with E-state index < -0.39 is 0 Å². The number of nitro groups is 1. The van der Waals surface area contributed by atoms with E-state index in [1.54, 1.807) is 6.07 Å². The van der Waals surface area contributed by atoms with Gasteiger partial charge in [0, 0.05) is 35.7 Å². The fourth-order valence-corrected chi connectivity index (χ4v) is 2.31. The molecule has 5 nitrogen and oxygen atoms in total.